The van der Waals surface area contributed by atoms with E-state index in [2.05, 4.69) is 5.32 Å². The maximum Gasteiger partial charge on any atom is 0.264 e. The number of nitrogens with zero attached hydrogens (tertiary/aromatic N) is 1. The lowest BCUT2D eigenvalue weighted by atomic mass is 10.3. The predicted octanol–water partition coefficient (Wildman–Crippen LogP) is 0.473. The maximum absolute atomic E-state index is 12.1. The Hall–Kier alpha value is -1.60. The molecule has 0 saturated carbocycles. The van der Waals surface area contributed by atoms with E-state index in [9.17, 15) is 9.59 Å². The normalized spacial score (nSPS) is 10.3. The Morgan fingerprint density at radius 1 is 1.53 bits per heavy atom. The Labute approximate surface area is 116 Å². The monoisotopic (exact) mass is 285 g/mol. The number of carbonyl (C=O) groups excluding carboxylic acids is 2. The van der Waals surface area contributed by atoms with E-state index in [4.69, 9.17) is 10.5 Å². The predicted molar refractivity (Wildman–Crippen MR) is 75.3 cm³/mol. The Kier molecular flexibility index (Phi) is 5.78. The summed E-state index contributed by atoms with van der Waals surface area (Å²) >= 11 is 1.33. The largest absolute Gasteiger partial charge is 0.398 e. The molecule has 6 nitrogen and oxygen atoms in total. The first-order valence-electron chi connectivity index (χ1n) is 5.82. The molecule has 19 heavy (non-hydrogen) atoms. The lowest BCUT2D eigenvalue weighted by molar-refractivity contribution is -0.121. The molecule has 106 valence electrons. The van der Waals surface area contributed by atoms with Crippen LogP contribution in [0.2, 0.25) is 0 Å². The van der Waals surface area contributed by atoms with Gasteiger partial charge in [-0.3, -0.25) is 9.59 Å². The Morgan fingerprint density at radius 2 is 2.21 bits per heavy atom. The van der Waals surface area contributed by atoms with Crippen molar-refractivity contribution in [2.75, 3.05) is 39.6 Å². The van der Waals surface area contributed by atoms with Crippen molar-refractivity contribution >= 4 is 28.8 Å². The Bertz CT molecular complexity index is 440. The van der Waals surface area contributed by atoms with Gasteiger partial charge < -0.3 is 20.7 Å². The van der Waals surface area contributed by atoms with Gasteiger partial charge in [-0.15, -0.1) is 11.3 Å². The quantitative estimate of drug-likeness (QED) is 0.744. The zero-order valence-electron chi connectivity index (χ0n) is 11.4. The molecule has 0 unspecified atom stereocenters. The third-order valence-corrected chi connectivity index (χ3v) is 3.58. The van der Waals surface area contributed by atoms with Gasteiger partial charge in [0, 0.05) is 31.3 Å². The van der Waals surface area contributed by atoms with Crippen molar-refractivity contribution in [2.24, 2.45) is 0 Å². The highest BCUT2D eigenvalue weighted by Gasteiger charge is 2.17. The van der Waals surface area contributed by atoms with Gasteiger partial charge in [0.1, 0.15) is 0 Å². The summed E-state index contributed by atoms with van der Waals surface area (Å²) in [6, 6.07) is 1.64. The lowest BCUT2D eigenvalue weighted by Crippen LogP contribution is -2.39. The molecule has 0 atom stereocenters. The molecule has 0 saturated heterocycles. The van der Waals surface area contributed by atoms with Gasteiger partial charge in [-0.1, -0.05) is 0 Å². The van der Waals surface area contributed by atoms with Gasteiger partial charge in [-0.2, -0.15) is 0 Å². The van der Waals surface area contributed by atoms with Gasteiger partial charge in [0.15, 0.2) is 0 Å². The molecule has 1 aromatic rings. The average Bonchev–Trinajstić information content (AvgIpc) is 2.69. The fourth-order valence-electron chi connectivity index (χ4n) is 1.43. The van der Waals surface area contributed by atoms with E-state index < -0.39 is 0 Å². The molecule has 1 rings (SSSR count). The zero-order chi connectivity index (χ0) is 14.4. The summed E-state index contributed by atoms with van der Waals surface area (Å²) in [5, 5.41) is 2.66. The Morgan fingerprint density at radius 3 is 2.74 bits per heavy atom. The molecule has 0 aromatic carbocycles. The molecule has 0 spiro atoms. The summed E-state index contributed by atoms with van der Waals surface area (Å²) in [6.45, 7) is 2.75. The summed E-state index contributed by atoms with van der Waals surface area (Å²) in [7, 11) is 3.15. The van der Waals surface area contributed by atoms with E-state index >= 15 is 0 Å². The number of hydrogen-bond acceptors (Lipinski definition) is 5. The number of carbonyl (C=O) groups is 2. The number of ether oxygens (including phenoxy) is 1. The Balaban J connectivity index is 2.51. The number of hydrogen-bond donors (Lipinski definition) is 2. The van der Waals surface area contributed by atoms with Crippen molar-refractivity contribution < 1.29 is 14.3 Å². The van der Waals surface area contributed by atoms with Crippen LogP contribution in [-0.2, 0) is 9.53 Å². The number of thiophene rings is 1. The summed E-state index contributed by atoms with van der Waals surface area (Å²) in [4.78, 5) is 26.4. The van der Waals surface area contributed by atoms with E-state index in [1.165, 1.54) is 16.2 Å². The van der Waals surface area contributed by atoms with Crippen molar-refractivity contribution in [1.29, 1.82) is 0 Å². The topological polar surface area (TPSA) is 84.7 Å². The van der Waals surface area contributed by atoms with Crippen LogP contribution in [0.25, 0.3) is 0 Å². The molecular weight excluding hydrogens is 266 g/mol. The van der Waals surface area contributed by atoms with E-state index in [-0.39, 0.29) is 18.4 Å². The van der Waals surface area contributed by atoms with Crippen molar-refractivity contribution in [3.05, 3.63) is 15.8 Å². The number of anilines is 1. The lowest BCUT2D eigenvalue weighted by Gasteiger charge is -2.15. The highest BCUT2D eigenvalue weighted by atomic mass is 32.1. The van der Waals surface area contributed by atoms with E-state index in [0.29, 0.717) is 23.7 Å². The van der Waals surface area contributed by atoms with Crippen LogP contribution in [0.5, 0.6) is 0 Å². The van der Waals surface area contributed by atoms with Crippen molar-refractivity contribution in [2.45, 2.75) is 6.92 Å². The van der Waals surface area contributed by atoms with Gasteiger partial charge in [0.25, 0.3) is 5.91 Å². The third-order valence-electron chi connectivity index (χ3n) is 2.52. The van der Waals surface area contributed by atoms with E-state index in [1.54, 1.807) is 20.2 Å². The zero-order valence-corrected chi connectivity index (χ0v) is 12.2. The average molecular weight is 285 g/mol. The number of nitrogens with one attached hydrogen (secondary N) is 1. The number of nitrogens with two attached hydrogens (primary N) is 1. The molecule has 0 aliphatic carbocycles. The molecule has 2 amide bonds. The number of aryl methyl sites for hydroxylation is 1. The van der Waals surface area contributed by atoms with Gasteiger partial charge in [0.05, 0.1) is 18.0 Å². The molecule has 0 aliphatic rings. The maximum atomic E-state index is 12.1. The van der Waals surface area contributed by atoms with Gasteiger partial charge in [0.2, 0.25) is 5.91 Å². The van der Waals surface area contributed by atoms with Crippen LogP contribution in [0.1, 0.15) is 14.5 Å². The minimum atomic E-state index is -0.214. The standard InChI is InChI=1S/C12H19N3O3S/c1-8-9(13)6-10(19-8)12(17)15(2)7-11(16)14-4-5-18-3/h6H,4-5,7,13H2,1-3H3,(H,14,16). The first-order valence-corrected chi connectivity index (χ1v) is 6.64. The van der Waals surface area contributed by atoms with Crippen LogP contribution in [0.4, 0.5) is 5.69 Å². The van der Waals surface area contributed by atoms with Gasteiger partial charge >= 0.3 is 0 Å². The minimum Gasteiger partial charge on any atom is -0.398 e. The van der Waals surface area contributed by atoms with Crippen LogP contribution in [0, 0.1) is 6.92 Å². The molecule has 3 N–H and O–H groups in total. The van der Waals surface area contributed by atoms with Crippen LogP contribution >= 0.6 is 11.3 Å². The SMILES string of the molecule is COCCNC(=O)CN(C)C(=O)c1cc(N)c(C)s1. The molecule has 1 heterocycles. The van der Waals surface area contributed by atoms with Crippen LogP contribution in [-0.4, -0.2) is 50.6 Å². The van der Waals surface area contributed by atoms with Crippen molar-refractivity contribution in [3.63, 3.8) is 0 Å². The van der Waals surface area contributed by atoms with Crippen LogP contribution < -0.4 is 11.1 Å². The first kappa shape index (κ1) is 15.5. The molecular formula is C12H19N3O3S. The van der Waals surface area contributed by atoms with Crippen molar-refractivity contribution in [3.8, 4) is 0 Å². The van der Waals surface area contributed by atoms with Gasteiger partial charge in [-0.05, 0) is 13.0 Å². The summed E-state index contributed by atoms with van der Waals surface area (Å²) in [6.07, 6.45) is 0. The second-order valence-electron chi connectivity index (χ2n) is 4.13. The van der Waals surface area contributed by atoms with Crippen molar-refractivity contribution in [1.82, 2.24) is 10.2 Å². The molecule has 7 heteroatoms. The number of likely N-dealkylation sites (N-methyl/N-ethyl adjacent to an activating group) is 1. The molecule has 0 fully saturated rings. The molecule has 1 aromatic heterocycles. The fraction of sp³-hybridized carbons (Fsp3) is 0.500. The number of rotatable bonds is 6. The second kappa shape index (κ2) is 7.10. The summed E-state index contributed by atoms with van der Waals surface area (Å²) in [5.74, 6) is -0.416. The summed E-state index contributed by atoms with van der Waals surface area (Å²) < 4.78 is 4.82. The molecule has 0 aliphatic heterocycles. The molecule has 0 radical (unpaired) electrons. The summed E-state index contributed by atoms with van der Waals surface area (Å²) in [5.41, 5.74) is 6.31. The van der Waals surface area contributed by atoms with Gasteiger partial charge in [-0.25, -0.2) is 0 Å². The first-order chi connectivity index (χ1) is 8.95. The number of methoxy groups -OCH3 is 1. The fourth-order valence-corrected chi connectivity index (χ4v) is 2.36. The van der Waals surface area contributed by atoms with Crippen LogP contribution in [0.15, 0.2) is 6.07 Å². The second-order valence-corrected chi connectivity index (χ2v) is 5.38. The number of amides is 2. The molecule has 0 bridgehead atoms. The highest BCUT2D eigenvalue weighted by molar-refractivity contribution is 7.14. The van der Waals surface area contributed by atoms with Crippen LogP contribution in [0.3, 0.4) is 0 Å². The third kappa shape index (κ3) is 4.53. The minimum absolute atomic E-state index is 0.0133. The van der Waals surface area contributed by atoms with E-state index in [0.717, 1.165) is 4.88 Å². The van der Waals surface area contributed by atoms with E-state index in [1.807, 2.05) is 6.92 Å². The number of nitrogen functional groups attached to an aromatic ring is 1. The smallest absolute Gasteiger partial charge is 0.264 e. The highest BCUT2D eigenvalue weighted by Crippen LogP contribution is 2.24.